The van der Waals surface area contributed by atoms with Crippen molar-refractivity contribution in [1.82, 2.24) is 5.32 Å². The summed E-state index contributed by atoms with van der Waals surface area (Å²) in [6.07, 6.45) is -0.0979. The molecule has 4 heteroatoms. The van der Waals surface area contributed by atoms with Crippen molar-refractivity contribution in [1.29, 1.82) is 0 Å². The van der Waals surface area contributed by atoms with Gasteiger partial charge in [-0.1, -0.05) is 18.2 Å². The second kappa shape index (κ2) is 6.50. The van der Waals surface area contributed by atoms with Gasteiger partial charge < -0.3 is 10.1 Å². The van der Waals surface area contributed by atoms with Crippen LogP contribution in [-0.4, -0.2) is 19.6 Å². The van der Waals surface area contributed by atoms with Crippen molar-refractivity contribution in [2.75, 3.05) is 13.7 Å². The lowest BCUT2D eigenvalue weighted by molar-refractivity contribution is 0.0828. The standard InChI is InChI=1S/C15H17NO2S/c1-11-5-3-4-6-13(11)15(17)16-9-14(18-2)12-7-8-19-10-12/h3-8,10,14H,9H2,1-2H3,(H,16,17)/t14-/m0/s1. The van der Waals surface area contributed by atoms with E-state index < -0.39 is 0 Å². The minimum atomic E-state index is -0.0979. The van der Waals surface area contributed by atoms with Gasteiger partial charge in [0.15, 0.2) is 0 Å². The molecule has 0 aliphatic rings. The Labute approximate surface area is 117 Å². The second-order valence-electron chi connectivity index (χ2n) is 4.31. The Bertz CT molecular complexity index is 537. The summed E-state index contributed by atoms with van der Waals surface area (Å²) in [4.78, 5) is 12.1. The first-order chi connectivity index (χ1) is 9.22. The molecule has 100 valence electrons. The first kappa shape index (κ1) is 13.8. The Balaban J connectivity index is 1.98. The Morgan fingerprint density at radius 1 is 1.37 bits per heavy atom. The van der Waals surface area contributed by atoms with Crippen LogP contribution < -0.4 is 5.32 Å². The molecule has 0 spiro atoms. The molecule has 19 heavy (non-hydrogen) atoms. The summed E-state index contributed by atoms with van der Waals surface area (Å²) in [5.74, 6) is -0.0598. The van der Waals surface area contributed by atoms with Gasteiger partial charge in [-0.05, 0) is 40.9 Å². The van der Waals surface area contributed by atoms with E-state index in [0.29, 0.717) is 12.1 Å². The number of rotatable bonds is 5. The maximum atomic E-state index is 12.1. The van der Waals surface area contributed by atoms with Gasteiger partial charge in [-0.15, -0.1) is 0 Å². The van der Waals surface area contributed by atoms with Crippen molar-refractivity contribution in [3.8, 4) is 0 Å². The van der Waals surface area contributed by atoms with E-state index in [0.717, 1.165) is 11.1 Å². The van der Waals surface area contributed by atoms with E-state index in [4.69, 9.17) is 4.74 Å². The Kier molecular flexibility index (Phi) is 4.71. The van der Waals surface area contributed by atoms with Gasteiger partial charge in [-0.2, -0.15) is 11.3 Å². The molecule has 2 aromatic rings. The van der Waals surface area contributed by atoms with Gasteiger partial charge in [0.25, 0.3) is 5.91 Å². The first-order valence-corrected chi connectivity index (χ1v) is 7.05. The summed E-state index contributed by atoms with van der Waals surface area (Å²) in [6, 6.07) is 9.57. The van der Waals surface area contributed by atoms with Crippen LogP contribution in [0.25, 0.3) is 0 Å². The van der Waals surface area contributed by atoms with Crippen LogP contribution in [-0.2, 0) is 4.74 Å². The summed E-state index contributed by atoms with van der Waals surface area (Å²) in [6.45, 7) is 2.40. The monoisotopic (exact) mass is 275 g/mol. The smallest absolute Gasteiger partial charge is 0.251 e. The van der Waals surface area contributed by atoms with Gasteiger partial charge in [-0.3, -0.25) is 4.79 Å². The SMILES string of the molecule is CO[C@@H](CNC(=O)c1ccccc1C)c1ccsc1. The Morgan fingerprint density at radius 2 is 2.16 bits per heavy atom. The largest absolute Gasteiger partial charge is 0.375 e. The van der Waals surface area contributed by atoms with Crippen molar-refractivity contribution in [3.05, 3.63) is 57.8 Å². The number of carbonyl (C=O) groups is 1. The van der Waals surface area contributed by atoms with Gasteiger partial charge in [0.2, 0.25) is 0 Å². The van der Waals surface area contributed by atoms with E-state index in [-0.39, 0.29) is 12.0 Å². The van der Waals surface area contributed by atoms with E-state index in [2.05, 4.69) is 5.32 Å². The number of nitrogens with one attached hydrogen (secondary N) is 1. The Morgan fingerprint density at radius 3 is 2.79 bits per heavy atom. The fourth-order valence-electron chi connectivity index (χ4n) is 1.90. The van der Waals surface area contributed by atoms with Crippen LogP contribution >= 0.6 is 11.3 Å². The zero-order valence-corrected chi connectivity index (χ0v) is 11.9. The molecule has 0 bridgehead atoms. The third-order valence-corrected chi connectivity index (χ3v) is 3.74. The number of carbonyl (C=O) groups excluding carboxylic acids is 1. The molecule has 0 aliphatic heterocycles. The average molecular weight is 275 g/mol. The molecular weight excluding hydrogens is 258 g/mol. The topological polar surface area (TPSA) is 38.3 Å². The van der Waals surface area contributed by atoms with Crippen LogP contribution in [0.5, 0.6) is 0 Å². The predicted molar refractivity (Wildman–Crippen MR) is 77.6 cm³/mol. The molecule has 1 heterocycles. The molecular formula is C15H17NO2S. The quantitative estimate of drug-likeness (QED) is 0.910. The highest BCUT2D eigenvalue weighted by atomic mass is 32.1. The lowest BCUT2D eigenvalue weighted by Crippen LogP contribution is -2.29. The van der Waals surface area contributed by atoms with Crippen LogP contribution in [0.3, 0.4) is 0 Å². The van der Waals surface area contributed by atoms with Crippen LogP contribution in [0.1, 0.15) is 27.6 Å². The highest BCUT2D eigenvalue weighted by molar-refractivity contribution is 7.07. The van der Waals surface area contributed by atoms with Crippen LogP contribution in [0, 0.1) is 6.92 Å². The van der Waals surface area contributed by atoms with Gasteiger partial charge in [0, 0.05) is 19.2 Å². The molecule has 2 rings (SSSR count). The minimum Gasteiger partial charge on any atom is -0.375 e. The predicted octanol–water partition coefficient (Wildman–Crippen LogP) is 3.17. The molecule has 1 aromatic heterocycles. The normalized spacial score (nSPS) is 12.1. The molecule has 0 radical (unpaired) electrons. The van der Waals surface area contributed by atoms with Gasteiger partial charge >= 0.3 is 0 Å². The number of aryl methyl sites for hydroxylation is 1. The van der Waals surface area contributed by atoms with Gasteiger partial charge in [0.05, 0.1) is 0 Å². The number of amides is 1. The number of thiophene rings is 1. The summed E-state index contributed by atoms with van der Waals surface area (Å²) in [5.41, 5.74) is 2.78. The molecule has 3 nitrogen and oxygen atoms in total. The van der Waals surface area contributed by atoms with Crippen LogP contribution in [0.15, 0.2) is 41.1 Å². The fourth-order valence-corrected chi connectivity index (χ4v) is 2.61. The van der Waals surface area contributed by atoms with Gasteiger partial charge in [0.1, 0.15) is 6.10 Å². The highest BCUT2D eigenvalue weighted by Crippen LogP contribution is 2.18. The second-order valence-corrected chi connectivity index (χ2v) is 5.09. The molecule has 1 atom stereocenters. The van der Waals surface area contributed by atoms with Crippen molar-refractivity contribution >= 4 is 17.2 Å². The van der Waals surface area contributed by atoms with Crippen molar-refractivity contribution in [3.63, 3.8) is 0 Å². The molecule has 1 amide bonds. The molecule has 0 unspecified atom stereocenters. The van der Waals surface area contributed by atoms with Crippen molar-refractivity contribution in [2.45, 2.75) is 13.0 Å². The molecule has 0 aliphatic carbocycles. The van der Waals surface area contributed by atoms with Crippen LogP contribution in [0.4, 0.5) is 0 Å². The summed E-state index contributed by atoms with van der Waals surface area (Å²) < 4.78 is 5.40. The lowest BCUT2D eigenvalue weighted by Gasteiger charge is -2.15. The minimum absolute atomic E-state index is 0.0598. The molecule has 1 N–H and O–H groups in total. The average Bonchev–Trinajstić information content (AvgIpc) is 2.94. The Hall–Kier alpha value is -1.65. The third-order valence-electron chi connectivity index (χ3n) is 3.04. The zero-order valence-electron chi connectivity index (χ0n) is 11.1. The van der Waals surface area contributed by atoms with E-state index >= 15 is 0 Å². The summed E-state index contributed by atoms with van der Waals surface area (Å²) in [5, 5.41) is 6.96. The molecule has 1 aromatic carbocycles. The van der Waals surface area contributed by atoms with Crippen molar-refractivity contribution in [2.24, 2.45) is 0 Å². The third kappa shape index (κ3) is 3.43. The van der Waals surface area contributed by atoms with E-state index in [1.807, 2.05) is 48.0 Å². The number of ether oxygens (including phenoxy) is 1. The number of hydrogen-bond acceptors (Lipinski definition) is 3. The maximum absolute atomic E-state index is 12.1. The highest BCUT2D eigenvalue weighted by Gasteiger charge is 2.14. The van der Waals surface area contributed by atoms with E-state index in [1.54, 1.807) is 18.4 Å². The molecule has 0 saturated carbocycles. The lowest BCUT2D eigenvalue weighted by atomic mass is 10.1. The summed E-state index contributed by atoms with van der Waals surface area (Å²) >= 11 is 1.62. The zero-order chi connectivity index (χ0) is 13.7. The number of hydrogen-bond donors (Lipinski definition) is 1. The number of benzene rings is 1. The first-order valence-electron chi connectivity index (χ1n) is 6.11. The van der Waals surface area contributed by atoms with E-state index in [9.17, 15) is 4.79 Å². The van der Waals surface area contributed by atoms with Crippen molar-refractivity contribution < 1.29 is 9.53 Å². The van der Waals surface area contributed by atoms with E-state index in [1.165, 1.54) is 0 Å². The van der Waals surface area contributed by atoms with Gasteiger partial charge in [-0.25, -0.2) is 0 Å². The van der Waals surface area contributed by atoms with Crippen LogP contribution in [0.2, 0.25) is 0 Å². The molecule has 0 saturated heterocycles. The maximum Gasteiger partial charge on any atom is 0.251 e. The summed E-state index contributed by atoms with van der Waals surface area (Å²) in [7, 11) is 1.66. The fraction of sp³-hybridized carbons (Fsp3) is 0.267. The molecule has 0 fully saturated rings. The number of methoxy groups -OCH3 is 1.